The third kappa shape index (κ3) is 5.25. The van der Waals surface area contributed by atoms with Crippen molar-refractivity contribution in [1.29, 1.82) is 0 Å². The van der Waals surface area contributed by atoms with E-state index >= 15 is 0 Å². The minimum atomic E-state index is -0.247. The molecule has 108 valence electrons. The molecule has 0 aliphatic heterocycles. The van der Waals surface area contributed by atoms with Crippen LogP contribution < -0.4 is 11.3 Å². The van der Waals surface area contributed by atoms with E-state index in [1.165, 1.54) is 11.3 Å². The van der Waals surface area contributed by atoms with Crippen LogP contribution >= 0.6 is 11.3 Å². The molecule has 19 heavy (non-hydrogen) atoms. The highest BCUT2D eigenvalue weighted by Gasteiger charge is 2.14. The fourth-order valence-electron chi connectivity index (χ4n) is 1.68. The van der Waals surface area contributed by atoms with E-state index in [-0.39, 0.29) is 5.91 Å². The summed E-state index contributed by atoms with van der Waals surface area (Å²) < 4.78 is 10.2. The lowest BCUT2D eigenvalue weighted by Gasteiger charge is -2.21. The van der Waals surface area contributed by atoms with Crippen LogP contribution in [0, 0.1) is 0 Å². The molecule has 0 fully saturated rings. The molecule has 0 spiro atoms. The van der Waals surface area contributed by atoms with Crippen molar-refractivity contribution in [3.63, 3.8) is 0 Å². The number of nitrogen functional groups attached to an aromatic ring is 1. The van der Waals surface area contributed by atoms with E-state index in [1.807, 2.05) is 11.4 Å². The van der Waals surface area contributed by atoms with Gasteiger partial charge in [-0.25, -0.2) is 5.84 Å². The summed E-state index contributed by atoms with van der Waals surface area (Å²) in [6.45, 7) is 3.55. The number of ether oxygens (including phenoxy) is 2. The zero-order chi connectivity index (χ0) is 14.1. The van der Waals surface area contributed by atoms with Gasteiger partial charge >= 0.3 is 0 Å². The number of methoxy groups -OCH3 is 2. The molecule has 1 heterocycles. The van der Waals surface area contributed by atoms with Crippen LogP contribution in [0.1, 0.15) is 15.2 Å². The van der Waals surface area contributed by atoms with Crippen molar-refractivity contribution in [3.05, 3.63) is 21.9 Å². The smallest absolute Gasteiger partial charge is 0.275 e. The first-order valence-electron chi connectivity index (χ1n) is 6.00. The fourth-order valence-corrected chi connectivity index (χ4v) is 2.49. The highest BCUT2D eigenvalue weighted by Crippen LogP contribution is 2.18. The Bertz CT molecular complexity index is 376. The fraction of sp³-hybridized carbons (Fsp3) is 0.583. The van der Waals surface area contributed by atoms with Crippen molar-refractivity contribution < 1.29 is 14.3 Å². The van der Waals surface area contributed by atoms with E-state index in [2.05, 4.69) is 10.3 Å². The Kier molecular flexibility index (Phi) is 7.61. The lowest BCUT2D eigenvalue weighted by Crippen LogP contribution is -2.33. The molecule has 0 bridgehead atoms. The molecule has 0 radical (unpaired) electrons. The Labute approximate surface area is 117 Å². The van der Waals surface area contributed by atoms with E-state index in [4.69, 9.17) is 15.3 Å². The van der Waals surface area contributed by atoms with Crippen molar-refractivity contribution in [1.82, 2.24) is 10.3 Å². The SMILES string of the molecule is COCCN(CCOC)Cc1ccsc1C(=O)NN. The second-order valence-electron chi connectivity index (χ2n) is 4.01. The van der Waals surface area contributed by atoms with Crippen LogP contribution in [0.2, 0.25) is 0 Å². The molecule has 7 heteroatoms. The van der Waals surface area contributed by atoms with E-state index in [0.29, 0.717) is 24.6 Å². The molecule has 1 aromatic rings. The third-order valence-electron chi connectivity index (χ3n) is 2.70. The quantitative estimate of drug-likeness (QED) is 0.392. The van der Waals surface area contributed by atoms with E-state index in [0.717, 1.165) is 18.7 Å². The second-order valence-corrected chi connectivity index (χ2v) is 4.93. The molecular formula is C12H21N3O3S. The molecule has 0 saturated carbocycles. The Hall–Kier alpha value is -0.990. The van der Waals surface area contributed by atoms with E-state index in [1.54, 1.807) is 14.2 Å². The summed E-state index contributed by atoms with van der Waals surface area (Å²) in [4.78, 5) is 14.4. The maximum absolute atomic E-state index is 11.6. The Morgan fingerprint density at radius 2 is 2.00 bits per heavy atom. The molecule has 0 saturated heterocycles. The number of hydrazine groups is 1. The van der Waals surface area contributed by atoms with Gasteiger partial charge in [-0.1, -0.05) is 0 Å². The van der Waals surface area contributed by atoms with Gasteiger partial charge in [0.2, 0.25) is 0 Å². The minimum Gasteiger partial charge on any atom is -0.383 e. The van der Waals surface area contributed by atoms with Crippen molar-refractivity contribution in [2.75, 3.05) is 40.5 Å². The van der Waals surface area contributed by atoms with Crippen LogP contribution in [0.3, 0.4) is 0 Å². The van der Waals surface area contributed by atoms with E-state index < -0.39 is 0 Å². The third-order valence-corrected chi connectivity index (χ3v) is 3.66. The van der Waals surface area contributed by atoms with Crippen molar-refractivity contribution in [2.24, 2.45) is 5.84 Å². The number of nitrogens with one attached hydrogen (secondary N) is 1. The molecular weight excluding hydrogens is 266 g/mol. The van der Waals surface area contributed by atoms with Crippen molar-refractivity contribution in [2.45, 2.75) is 6.54 Å². The van der Waals surface area contributed by atoms with Gasteiger partial charge in [0, 0.05) is 33.9 Å². The lowest BCUT2D eigenvalue weighted by atomic mass is 10.2. The highest BCUT2D eigenvalue weighted by atomic mass is 32.1. The summed E-state index contributed by atoms with van der Waals surface area (Å²) in [5.74, 6) is 4.93. The molecule has 0 unspecified atom stereocenters. The summed E-state index contributed by atoms with van der Waals surface area (Å²) in [6.07, 6.45) is 0. The second kappa shape index (κ2) is 9.00. The summed E-state index contributed by atoms with van der Waals surface area (Å²) >= 11 is 1.39. The van der Waals surface area contributed by atoms with Crippen LogP contribution in [0.25, 0.3) is 0 Å². The minimum absolute atomic E-state index is 0.247. The van der Waals surface area contributed by atoms with Gasteiger partial charge in [0.1, 0.15) is 0 Å². The van der Waals surface area contributed by atoms with Gasteiger partial charge in [-0.05, 0) is 17.0 Å². The number of hydrogen-bond acceptors (Lipinski definition) is 6. The monoisotopic (exact) mass is 287 g/mol. The van der Waals surface area contributed by atoms with Gasteiger partial charge in [-0.2, -0.15) is 0 Å². The predicted octanol–water partition coefficient (Wildman–Crippen LogP) is 0.446. The first kappa shape index (κ1) is 16.1. The molecule has 6 nitrogen and oxygen atoms in total. The van der Waals surface area contributed by atoms with Crippen LogP contribution in [-0.4, -0.2) is 51.3 Å². The van der Waals surface area contributed by atoms with Gasteiger partial charge < -0.3 is 9.47 Å². The molecule has 0 aliphatic rings. The number of rotatable bonds is 9. The number of thiophene rings is 1. The average Bonchev–Trinajstić information content (AvgIpc) is 2.89. The van der Waals surface area contributed by atoms with Crippen LogP contribution in [0.4, 0.5) is 0 Å². The lowest BCUT2D eigenvalue weighted by molar-refractivity contribution is 0.0952. The molecule has 3 N–H and O–H groups in total. The number of carbonyl (C=O) groups is 1. The van der Waals surface area contributed by atoms with Crippen LogP contribution in [0.15, 0.2) is 11.4 Å². The topological polar surface area (TPSA) is 76.8 Å². The number of hydrogen-bond donors (Lipinski definition) is 2. The maximum Gasteiger partial charge on any atom is 0.275 e. The molecule has 1 aromatic heterocycles. The van der Waals surface area contributed by atoms with Crippen LogP contribution in [0.5, 0.6) is 0 Å². The zero-order valence-corrected chi connectivity index (χ0v) is 12.2. The van der Waals surface area contributed by atoms with Gasteiger partial charge in [-0.15, -0.1) is 11.3 Å². The normalized spacial score (nSPS) is 10.9. The van der Waals surface area contributed by atoms with Gasteiger partial charge in [0.05, 0.1) is 18.1 Å². The van der Waals surface area contributed by atoms with Gasteiger partial charge in [0.15, 0.2) is 0 Å². The van der Waals surface area contributed by atoms with Crippen LogP contribution in [-0.2, 0) is 16.0 Å². The number of amides is 1. The summed E-state index contributed by atoms with van der Waals surface area (Å²) in [7, 11) is 3.35. The maximum atomic E-state index is 11.6. The molecule has 0 aliphatic carbocycles. The Morgan fingerprint density at radius 1 is 1.37 bits per heavy atom. The van der Waals surface area contributed by atoms with Gasteiger partial charge in [0.25, 0.3) is 5.91 Å². The number of nitrogens with two attached hydrogens (primary N) is 1. The average molecular weight is 287 g/mol. The van der Waals surface area contributed by atoms with Crippen molar-refractivity contribution >= 4 is 17.2 Å². The summed E-state index contributed by atoms with van der Waals surface area (Å²) in [5, 5.41) is 1.89. The summed E-state index contributed by atoms with van der Waals surface area (Å²) in [6, 6.07) is 1.95. The zero-order valence-electron chi connectivity index (χ0n) is 11.3. The first-order valence-corrected chi connectivity index (χ1v) is 6.88. The first-order chi connectivity index (χ1) is 9.22. The molecule has 0 aromatic carbocycles. The standard InChI is InChI=1S/C12H21N3O3S/c1-17-6-4-15(5-7-18-2)9-10-3-8-19-11(10)12(16)14-13/h3,8H,4-7,9,13H2,1-2H3,(H,14,16). The Morgan fingerprint density at radius 3 is 2.53 bits per heavy atom. The molecule has 1 rings (SSSR count). The molecule has 0 atom stereocenters. The largest absolute Gasteiger partial charge is 0.383 e. The predicted molar refractivity (Wildman–Crippen MR) is 75.0 cm³/mol. The number of nitrogens with zero attached hydrogens (tertiary/aromatic N) is 1. The molecule has 1 amide bonds. The van der Waals surface area contributed by atoms with E-state index in [9.17, 15) is 4.79 Å². The van der Waals surface area contributed by atoms with Gasteiger partial charge in [-0.3, -0.25) is 15.1 Å². The Balaban J connectivity index is 2.66. The highest BCUT2D eigenvalue weighted by molar-refractivity contribution is 7.12. The van der Waals surface area contributed by atoms with Crippen molar-refractivity contribution in [3.8, 4) is 0 Å². The summed E-state index contributed by atoms with van der Waals surface area (Å²) in [5.41, 5.74) is 3.14. The number of carbonyl (C=O) groups excluding carboxylic acids is 1.